The Morgan fingerprint density at radius 3 is 2.43 bits per heavy atom. The van der Waals surface area contributed by atoms with Gasteiger partial charge in [-0.3, -0.25) is 0 Å². The standard InChI is InChI=1S/C16H29N5O2/c1-16(2,3)23-15(22)21(5)11-7-6-10-20(4)14-13(18)12(17)8-9-19-14/h8-9H,6-7,10-11,18H2,1-5H3,(H2,17,19). The van der Waals surface area contributed by atoms with Gasteiger partial charge in [0.05, 0.1) is 11.4 Å². The van der Waals surface area contributed by atoms with Crippen molar-refractivity contribution in [1.82, 2.24) is 9.88 Å². The number of carbonyl (C=O) groups is 1. The molecule has 1 amide bonds. The zero-order chi connectivity index (χ0) is 17.6. The molecule has 7 nitrogen and oxygen atoms in total. The summed E-state index contributed by atoms with van der Waals surface area (Å²) in [5, 5.41) is 0. The molecule has 1 aromatic rings. The van der Waals surface area contributed by atoms with E-state index in [0.717, 1.165) is 19.4 Å². The first-order chi connectivity index (χ1) is 10.6. The Hall–Kier alpha value is -2.18. The highest BCUT2D eigenvalue weighted by atomic mass is 16.6. The van der Waals surface area contributed by atoms with Crippen molar-refractivity contribution in [1.29, 1.82) is 0 Å². The average Bonchev–Trinajstić information content (AvgIpc) is 2.44. The Labute approximate surface area is 138 Å². The SMILES string of the molecule is CN(CCCCN(C)c1nccc(N)c1N)C(=O)OC(C)(C)C. The molecule has 1 heterocycles. The summed E-state index contributed by atoms with van der Waals surface area (Å²) in [4.78, 5) is 19.7. The zero-order valence-corrected chi connectivity index (χ0v) is 14.8. The maximum atomic E-state index is 11.8. The molecule has 0 unspecified atom stereocenters. The number of nitrogens with two attached hydrogens (primary N) is 2. The van der Waals surface area contributed by atoms with Crippen molar-refractivity contribution >= 4 is 23.3 Å². The highest BCUT2D eigenvalue weighted by molar-refractivity contribution is 5.75. The van der Waals surface area contributed by atoms with E-state index in [9.17, 15) is 4.79 Å². The third-order valence-corrected chi connectivity index (χ3v) is 3.31. The summed E-state index contributed by atoms with van der Waals surface area (Å²) in [5.41, 5.74) is 12.3. The number of hydrogen-bond acceptors (Lipinski definition) is 6. The third-order valence-electron chi connectivity index (χ3n) is 3.31. The zero-order valence-electron chi connectivity index (χ0n) is 14.8. The number of ether oxygens (including phenoxy) is 1. The molecule has 0 saturated carbocycles. The first-order valence-electron chi connectivity index (χ1n) is 7.77. The molecule has 0 spiro atoms. The van der Waals surface area contributed by atoms with Gasteiger partial charge in [0.25, 0.3) is 0 Å². The number of unbranched alkanes of at least 4 members (excludes halogenated alkanes) is 1. The first-order valence-corrected chi connectivity index (χ1v) is 7.77. The molecule has 0 aliphatic carbocycles. The van der Waals surface area contributed by atoms with Crippen LogP contribution >= 0.6 is 0 Å². The number of aromatic nitrogens is 1. The Balaban J connectivity index is 2.37. The third kappa shape index (κ3) is 6.22. The summed E-state index contributed by atoms with van der Waals surface area (Å²) in [5.74, 6) is 0.686. The number of anilines is 3. The van der Waals surface area contributed by atoms with Crippen molar-refractivity contribution in [3.05, 3.63) is 12.3 Å². The van der Waals surface area contributed by atoms with Crippen LogP contribution in [0.3, 0.4) is 0 Å². The molecule has 0 saturated heterocycles. The van der Waals surface area contributed by atoms with Crippen LogP contribution in [0.5, 0.6) is 0 Å². The van der Waals surface area contributed by atoms with Gasteiger partial charge in [0.2, 0.25) is 0 Å². The topological polar surface area (TPSA) is 97.7 Å². The molecule has 1 rings (SSSR count). The molecule has 0 aliphatic heterocycles. The second kappa shape index (κ2) is 7.89. The number of rotatable bonds is 6. The Morgan fingerprint density at radius 1 is 1.22 bits per heavy atom. The summed E-state index contributed by atoms with van der Waals surface area (Å²) in [6.45, 7) is 7.00. The highest BCUT2D eigenvalue weighted by Gasteiger charge is 2.19. The molecule has 0 aliphatic rings. The summed E-state index contributed by atoms with van der Waals surface area (Å²) < 4.78 is 5.31. The van der Waals surface area contributed by atoms with Crippen LogP contribution in [0.1, 0.15) is 33.6 Å². The fraction of sp³-hybridized carbons (Fsp3) is 0.625. The van der Waals surface area contributed by atoms with Crippen molar-refractivity contribution in [3.63, 3.8) is 0 Å². The number of carbonyl (C=O) groups excluding carboxylic acids is 1. The minimum Gasteiger partial charge on any atom is -0.444 e. The van der Waals surface area contributed by atoms with Gasteiger partial charge < -0.3 is 26.0 Å². The van der Waals surface area contributed by atoms with Crippen molar-refractivity contribution < 1.29 is 9.53 Å². The van der Waals surface area contributed by atoms with Crippen LogP contribution in [-0.2, 0) is 4.74 Å². The lowest BCUT2D eigenvalue weighted by Gasteiger charge is -2.25. The van der Waals surface area contributed by atoms with Crippen LogP contribution in [0.2, 0.25) is 0 Å². The van der Waals surface area contributed by atoms with E-state index in [4.69, 9.17) is 16.2 Å². The van der Waals surface area contributed by atoms with Gasteiger partial charge in [-0.1, -0.05) is 0 Å². The van der Waals surface area contributed by atoms with E-state index in [-0.39, 0.29) is 6.09 Å². The number of hydrogen-bond donors (Lipinski definition) is 2. The van der Waals surface area contributed by atoms with E-state index < -0.39 is 5.60 Å². The average molecular weight is 323 g/mol. The fourth-order valence-electron chi connectivity index (χ4n) is 2.02. The summed E-state index contributed by atoms with van der Waals surface area (Å²) in [6.07, 6.45) is 3.11. The minimum atomic E-state index is -0.470. The lowest BCUT2D eigenvalue weighted by Crippen LogP contribution is -2.35. The molecule has 7 heteroatoms. The van der Waals surface area contributed by atoms with E-state index in [1.807, 2.05) is 32.7 Å². The van der Waals surface area contributed by atoms with E-state index in [1.54, 1.807) is 24.2 Å². The van der Waals surface area contributed by atoms with Crippen LogP contribution in [0, 0.1) is 0 Å². The summed E-state index contributed by atoms with van der Waals surface area (Å²) in [6, 6.07) is 1.68. The molecule has 0 aromatic carbocycles. The quantitative estimate of drug-likeness (QED) is 0.780. The van der Waals surface area contributed by atoms with Crippen molar-refractivity contribution in [2.75, 3.05) is 43.6 Å². The van der Waals surface area contributed by atoms with E-state index >= 15 is 0 Å². The maximum absolute atomic E-state index is 11.8. The maximum Gasteiger partial charge on any atom is 0.410 e. The molecule has 0 radical (unpaired) electrons. The predicted molar refractivity (Wildman–Crippen MR) is 94.4 cm³/mol. The predicted octanol–water partition coefficient (Wildman–Crippen LogP) is 2.33. The van der Waals surface area contributed by atoms with E-state index in [1.165, 1.54) is 0 Å². The van der Waals surface area contributed by atoms with Gasteiger partial charge in [0.15, 0.2) is 5.82 Å². The first kappa shape index (κ1) is 18.9. The van der Waals surface area contributed by atoms with Crippen LogP contribution in [0.4, 0.5) is 22.0 Å². The van der Waals surface area contributed by atoms with Crippen molar-refractivity contribution in [3.8, 4) is 0 Å². The van der Waals surface area contributed by atoms with Crippen molar-refractivity contribution in [2.24, 2.45) is 0 Å². The van der Waals surface area contributed by atoms with Gasteiger partial charge in [-0.15, -0.1) is 0 Å². The second-order valence-electron chi connectivity index (χ2n) is 6.67. The molecule has 1 aromatic heterocycles. The molecule has 0 bridgehead atoms. The highest BCUT2D eigenvalue weighted by Crippen LogP contribution is 2.24. The molecule has 130 valence electrons. The van der Waals surface area contributed by atoms with Gasteiger partial charge in [0.1, 0.15) is 5.60 Å². The van der Waals surface area contributed by atoms with E-state index in [0.29, 0.717) is 23.7 Å². The molecule has 0 fully saturated rings. The number of pyridine rings is 1. The molecular formula is C16H29N5O2. The van der Waals surface area contributed by atoms with E-state index in [2.05, 4.69) is 4.98 Å². The molecule has 4 N–H and O–H groups in total. The van der Waals surface area contributed by atoms with Crippen LogP contribution < -0.4 is 16.4 Å². The second-order valence-corrected chi connectivity index (χ2v) is 6.67. The lowest BCUT2D eigenvalue weighted by atomic mass is 10.2. The van der Waals surface area contributed by atoms with Gasteiger partial charge >= 0.3 is 6.09 Å². The Morgan fingerprint density at radius 2 is 1.83 bits per heavy atom. The monoisotopic (exact) mass is 323 g/mol. The van der Waals surface area contributed by atoms with Gasteiger partial charge in [-0.05, 0) is 39.7 Å². The molecule has 23 heavy (non-hydrogen) atoms. The summed E-state index contributed by atoms with van der Waals surface area (Å²) >= 11 is 0. The van der Waals surface area contributed by atoms with Crippen LogP contribution in [0.25, 0.3) is 0 Å². The normalized spacial score (nSPS) is 11.2. The Bertz CT molecular complexity index is 528. The smallest absolute Gasteiger partial charge is 0.410 e. The Kier molecular flexibility index (Phi) is 6.48. The van der Waals surface area contributed by atoms with Gasteiger partial charge in [0, 0.05) is 33.4 Å². The minimum absolute atomic E-state index is 0.299. The lowest BCUT2D eigenvalue weighted by molar-refractivity contribution is 0.0296. The largest absolute Gasteiger partial charge is 0.444 e. The van der Waals surface area contributed by atoms with Gasteiger partial charge in [-0.2, -0.15) is 0 Å². The molecule has 0 atom stereocenters. The number of nitrogens with zero attached hydrogens (tertiary/aromatic N) is 3. The van der Waals surface area contributed by atoms with Crippen LogP contribution in [0.15, 0.2) is 12.3 Å². The summed E-state index contributed by atoms with van der Waals surface area (Å²) in [7, 11) is 3.67. The fourth-order valence-corrected chi connectivity index (χ4v) is 2.02. The number of amides is 1. The molecular weight excluding hydrogens is 294 g/mol. The number of nitrogen functional groups attached to an aromatic ring is 2. The van der Waals surface area contributed by atoms with Gasteiger partial charge in [-0.25, -0.2) is 9.78 Å². The van der Waals surface area contributed by atoms with Crippen molar-refractivity contribution in [2.45, 2.75) is 39.2 Å². The van der Waals surface area contributed by atoms with Crippen LogP contribution in [-0.4, -0.2) is 48.8 Å².